The lowest BCUT2D eigenvalue weighted by Crippen LogP contribution is -2.57. The first-order chi connectivity index (χ1) is 18.4. The summed E-state index contributed by atoms with van der Waals surface area (Å²) in [4.78, 5) is 52.7. The number of nitrogens with one attached hydrogen (secondary N) is 2. The van der Waals surface area contributed by atoms with Crippen molar-refractivity contribution in [2.24, 2.45) is 0 Å². The van der Waals surface area contributed by atoms with Crippen molar-refractivity contribution in [3.8, 4) is 11.5 Å². The van der Waals surface area contributed by atoms with Crippen molar-refractivity contribution < 1.29 is 33.8 Å². The van der Waals surface area contributed by atoms with Crippen LogP contribution in [0.5, 0.6) is 11.5 Å². The van der Waals surface area contributed by atoms with Crippen molar-refractivity contribution in [1.82, 2.24) is 15.5 Å². The third kappa shape index (κ3) is 5.55. The molecule has 0 spiro atoms. The van der Waals surface area contributed by atoms with Crippen molar-refractivity contribution >= 4 is 23.7 Å². The van der Waals surface area contributed by atoms with Crippen LogP contribution >= 0.6 is 0 Å². The number of ether oxygens (including phenoxy) is 2. The van der Waals surface area contributed by atoms with Crippen LogP contribution in [-0.2, 0) is 19.1 Å². The number of hydrogen-bond acceptors (Lipinski definition) is 7. The van der Waals surface area contributed by atoms with Crippen molar-refractivity contribution in [2.45, 2.75) is 62.6 Å². The number of nitrogens with zero attached hydrogens (tertiary/aromatic N) is 1. The Morgan fingerprint density at radius 2 is 1.63 bits per heavy atom. The normalized spacial score (nSPS) is 26.7. The molecule has 3 N–H and O–H groups in total. The van der Waals surface area contributed by atoms with Gasteiger partial charge in [0, 0.05) is 11.6 Å². The molecule has 3 aliphatic heterocycles. The molecule has 10 nitrogen and oxygen atoms in total. The summed E-state index contributed by atoms with van der Waals surface area (Å²) in [5.74, 6) is -0.546. The number of amides is 3. The number of aliphatic hydroxyl groups excluding tert-OH is 1. The van der Waals surface area contributed by atoms with Crippen molar-refractivity contribution in [3.05, 3.63) is 72.3 Å². The summed E-state index contributed by atoms with van der Waals surface area (Å²) in [6.07, 6.45) is 4.26. The maximum Gasteiger partial charge on any atom is 0.310 e. The average Bonchev–Trinajstić information content (AvgIpc) is 3.47. The second kappa shape index (κ2) is 11.1. The minimum absolute atomic E-state index is 0.131. The van der Waals surface area contributed by atoms with Crippen LogP contribution in [0.4, 0.5) is 0 Å². The lowest BCUT2D eigenvalue weighted by molar-refractivity contribution is -0.155. The van der Waals surface area contributed by atoms with Gasteiger partial charge in [0.25, 0.3) is 5.91 Å². The van der Waals surface area contributed by atoms with E-state index in [0.717, 1.165) is 0 Å². The molecule has 198 valence electrons. The predicted octanol–water partition coefficient (Wildman–Crippen LogP) is 2.04. The van der Waals surface area contributed by atoms with E-state index >= 15 is 0 Å². The lowest BCUT2D eigenvalue weighted by atomic mass is 10.0. The summed E-state index contributed by atoms with van der Waals surface area (Å²) in [6.45, 7) is 0. The molecular weight excluding hydrogens is 490 g/mol. The third-order valence-corrected chi connectivity index (χ3v) is 7.02. The van der Waals surface area contributed by atoms with E-state index in [2.05, 4.69) is 10.6 Å². The van der Waals surface area contributed by atoms with Gasteiger partial charge in [-0.25, -0.2) is 0 Å². The van der Waals surface area contributed by atoms with Crippen LogP contribution in [0, 0.1) is 0 Å². The minimum Gasteiger partial charge on any atom is -0.457 e. The van der Waals surface area contributed by atoms with Crippen molar-refractivity contribution in [1.29, 1.82) is 0 Å². The fourth-order valence-electron chi connectivity index (χ4n) is 5.08. The molecule has 2 saturated heterocycles. The number of carbonyl (C=O) groups is 4. The number of cyclic esters (lactones) is 1. The van der Waals surface area contributed by atoms with Crippen LogP contribution < -0.4 is 15.4 Å². The van der Waals surface area contributed by atoms with E-state index in [1.807, 2.05) is 42.5 Å². The van der Waals surface area contributed by atoms with E-state index in [0.29, 0.717) is 42.7 Å². The van der Waals surface area contributed by atoms with E-state index < -0.39 is 42.2 Å². The van der Waals surface area contributed by atoms with E-state index in [1.165, 1.54) is 0 Å². The second-order valence-electron chi connectivity index (χ2n) is 9.60. The number of aliphatic hydroxyl groups is 1. The van der Waals surface area contributed by atoms with E-state index in [-0.39, 0.29) is 18.4 Å². The smallest absolute Gasteiger partial charge is 0.310 e. The highest BCUT2D eigenvalue weighted by Gasteiger charge is 2.45. The van der Waals surface area contributed by atoms with Gasteiger partial charge in [-0.3, -0.25) is 19.2 Å². The van der Waals surface area contributed by atoms with E-state index in [4.69, 9.17) is 9.47 Å². The number of esters is 1. The van der Waals surface area contributed by atoms with Gasteiger partial charge >= 0.3 is 5.97 Å². The predicted molar refractivity (Wildman–Crippen MR) is 135 cm³/mol. The topological polar surface area (TPSA) is 134 Å². The first-order valence-electron chi connectivity index (χ1n) is 12.7. The molecule has 3 aliphatic rings. The fraction of sp³-hybridized carbons (Fsp3) is 0.357. The molecule has 0 saturated carbocycles. The van der Waals surface area contributed by atoms with Gasteiger partial charge in [0.2, 0.25) is 18.1 Å². The van der Waals surface area contributed by atoms with Crippen LogP contribution in [0.2, 0.25) is 0 Å². The maximum absolute atomic E-state index is 13.6. The maximum atomic E-state index is 13.6. The van der Waals surface area contributed by atoms with E-state index in [9.17, 15) is 24.3 Å². The monoisotopic (exact) mass is 519 g/mol. The fourth-order valence-corrected chi connectivity index (χ4v) is 5.08. The molecule has 38 heavy (non-hydrogen) atoms. The zero-order chi connectivity index (χ0) is 26.6. The highest BCUT2D eigenvalue weighted by molar-refractivity contribution is 5.99. The number of para-hydroxylation sites is 1. The molecule has 2 aromatic carbocycles. The van der Waals surface area contributed by atoms with Gasteiger partial charge in [0.05, 0.1) is 6.42 Å². The molecule has 5 atom stereocenters. The Balaban J connectivity index is 1.25. The summed E-state index contributed by atoms with van der Waals surface area (Å²) in [6, 6.07) is 13.2. The zero-order valence-electron chi connectivity index (χ0n) is 20.6. The molecular formula is C28H29N3O7. The molecule has 2 fully saturated rings. The summed E-state index contributed by atoms with van der Waals surface area (Å²) in [5.41, 5.74) is 0.372. The SMILES string of the molecule is O=C1CC(NC(=O)[C@@H]2CC[C@H]3CC=CC[C@H](NC(=O)c4ccc(Oc5ccccc5)cc4)C(=O)N32)C(O)O1. The van der Waals surface area contributed by atoms with Gasteiger partial charge in [-0.1, -0.05) is 30.4 Å². The molecule has 0 radical (unpaired) electrons. The largest absolute Gasteiger partial charge is 0.457 e. The van der Waals surface area contributed by atoms with Crippen molar-refractivity contribution in [3.63, 3.8) is 0 Å². The summed E-state index contributed by atoms with van der Waals surface area (Å²) < 4.78 is 10.5. The Morgan fingerprint density at radius 3 is 2.34 bits per heavy atom. The van der Waals surface area contributed by atoms with Crippen LogP contribution in [0.15, 0.2) is 66.7 Å². The summed E-state index contributed by atoms with van der Waals surface area (Å²) in [7, 11) is 0. The van der Waals surface area contributed by atoms with Gasteiger partial charge < -0.3 is 30.1 Å². The first kappa shape index (κ1) is 25.5. The Hall–Kier alpha value is -4.18. The molecule has 0 aromatic heterocycles. The Bertz CT molecular complexity index is 1230. The summed E-state index contributed by atoms with van der Waals surface area (Å²) in [5, 5.41) is 15.3. The second-order valence-corrected chi connectivity index (χ2v) is 9.60. The van der Waals surface area contributed by atoms with Gasteiger partial charge in [-0.2, -0.15) is 0 Å². The minimum atomic E-state index is -1.41. The van der Waals surface area contributed by atoms with Gasteiger partial charge in [-0.15, -0.1) is 0 Å². The average molecular weight is 520 g/mol. The summed E-state index contributed by atoms with van der Waals surface area (Å²) >= 11 is 0. The van der Waals surface area contributed by atoms with Crippen molar-refractivity contribution in [2.75, 3.05) is 0 Å². The number of carbonyl (C=O) groups excluding carboxylic acids is 4. The molecule has 2 aromatic rings. The Labute approximate surface area is 219 Å². The molecule has 0 aliphatic carbocycles. The number of hydrogen-bond donors (Lipinski definition) is 3. The number of fused-ring (bicyclic) bond motifs is 1. The van der Waals surface area contributed by atoms with Gasteiger partial charge in [0.1, 0.15) is 29.6 Å². The third-order valence-electron chi connectivity index (χ3n) is 7.02. The molecule has 5 rings (SSSR count). The Kier molecular flexibility index (Phi) is 7.41. The molecule has 10 heteroatoms. The number of rotatable bonds is 6. The van der Waals surface area contributed by atoms with Crippen LogP contribution in [0.25, 0.3) is 0 Å². The zero-order valence-corrected chi connectivity index (χ0v) is 20.6. The molecule has 3 heterocycles. The molecule has 0 bridgehead atoms. The Morgan fingerprint density at radius 1 is 0.921 bits per heavy atom. The highest BCUT2D eigenvalue weighted by Crippen LogP contribution is 2.30. The quantitative estimate of drug-likeness (QED) is 0.393. The first-order valence-corrected chi connectivity index (χ1v) is 12.7. The van der Waals surface area contributed by atoms with E-state index in [1.54, 1.807) is 29.2 Å². The number of benzene rings is 2. The molecule has 2 unspecified atom stereocenters. The van der Waals surface area contributed by atoms with Gasteiger partial charge in [-0.05, 0) is 62.1 Å². The van der Waals surface area contributed by atoms with Crippen LogP contribution in [-0.4, -0.2) is 64.2 Å². The van der Waals surface area contributed by atoms with Crippen LogP contribution in [0.3, 0.4) is 0 Å². The standard InChI is InChI=1S/C28H29N3O7/c32-24-16-22(28(36)38-24)30-26(34)23-15-12-18-6-4-5-9-21(27(35)31(18)23)29-25(33)17-10-13-20(14-11-17)37-19-7-2-1-3-8-19/h1-5,7-8,10-11,13-14,18,21-23,28,36H,6,9,12,15-16H2,(H,29,33)(H,30,34)/t18-,21+,22?,23+,28?/m1/s1. The van der Waals surface area contributed by atoms with Crippen LogP contribution in [0.1, 0.15) is 42.5 Å². The van der Waals surface area contributed by atoms with Gasteiger partial charge in [0.15, 0.2) is 0 Å². The molecule has 3 amide bonds. The lowest BCUT2D eigenvalue weighted by Gasteiger charge is -2.34. The highest BCUT2D eigenvalue weighted by atomic mass is 16.6.